The first-order chi connectivity index (χ1) is 12.5. The van der Waals surface area contributed by atoms with Gasteiger partial charge < -0.3 is 19.6 Å². The fourth-order valence-electron chi connectivity index (χ4n) is 2.52. The predicted octanol–water partition coefficient (Wildman–Crippen LogP) is 2.86. The Balaban J connectivity index is 2.15. The van der Waals surface area contributed by atoms with Gasteiger partial charge in [-0.05, 0) is 36.4 Å². The van der Waals surface area contributed by atoms with Crippen LogP contribution in [0, 0.1) is 0 Å². The van der Waals surface area contributed by atoms with Crippen LogP contribution in [0.4, 0.5) is 0 Å². The smallest absolute Gasteiger partial charge is 0.335 e. The van der Waals surface area contributed by atoms with E-state index in [1.165, 1.54) is 25.3 Å². The molecular formula is C19H16N2O5. The van der Waals surface area contributed by atoms with Crippen LogP contribution in [0.1, 0.15) is 10.4 Å². The van der Waals surface area contributed by atoms with Gasteiger partial charge in [0.25, 0.3) is 5.56 Å². The van der Waals surface area contributed by atoms with Crippen molar-refractivity contribution in [2.45, 2.75) is 0 Å². The summed E-state index contributed by atoms with van der Waals surface area (Å²) in [5.41, 5.74) is 0.520. The number of aromatic amines is 1. The second-order valence-electron chi connectivity index (χ2n) is 5.41. The van der Waals surface area contributed by atoms with Crippen LogP contribution in [0.15, 0.2) is 53.8 Å². The van der Waals surface area contributed by atoms with E-state index in [9.17, 15) is 9.59 Å². The zero-order valence-corrected chi connectivity index (χ0v) is 14.0. The molecule has 0 atom stereocenters. The van der Waals surface area contributed by atoms with Gasteiger partial charge in [0.15, 0.2) is 0 Å². The number of hydrogen-bond donors (Lipinski definition) is 2. The number of ether oxygens (including phenoxy) is 2. The number of hydrogen-bond acceptors (Lipinski definition) is 5. The Hall–Kier alpha value is -3.61. The maximum atomic E-state index is 12.4. The molecule has 0 bridgehead atoms. The average molecular weight is 352 g/mol. The molecule has 0 spiro atoms. The molecule has 0 unspecified atom stereocenters. The molecule has 0 saturated carbocycles. The van der Waals surface area contributed by atoms with E-state index in [-0.39, 0.29) is 10.9 Å². The highest BCUT2D eigenvalue weighted by molar-refractivity contribution is 5.93. The Morgan fingerprint density at radius 3 is 2.81 bits per heavy atom. The van der Waals surface area contributed by atoms with E-state index in [0.29, 0.717) is 35.0 Å². The van der Waals surface area contributed by atoms with Gasteiger partial charge in [-0.15, -0.1) is 0 Å². The second kappa shape index (κ2) is 7.10. The van der Waals surface area contributed by atoms with E-state index in [0.717, 1.165) is 0 Å². The Morgan fingerprint density at radius 2 is 2.12 bits per heavy atom. The van der Waals surface area contributed by atoms with Gasteiger partial charge in [0, 0.05) is 0 Å². The number of H-pyrrole nitrogens is 1. The Kier molecular flexibility index (Phi) is 4.70. The molecule has 0 aliphatic rings. The number of benzene rings is 2. The van der Waals surface area contributed by atoms with Crippen LogP contribution in [-0.4, -0.2) is 34.8 Å². The first kappa shape index (κ1) is 17.2. The number of carbonyl (C=O) groups is 1. The maximum absolute atomic E-state index is 12.4. The number of nitrogens with zero attached hydrogens (tertiary/aromatic N) is 1. The molecule has 0 aliphatic heterocycles. The zero-order valence-electron chi connectivity index (χ0n) is 14.0. The van der Waals surface area contributed by atoms with Gasteiger partial charge in [-0.25, -0.2) is 9.78 Å². The molecule has 0 aliphatic carbocycles. The van der Waals surface area contributed by atoms with Crippen LogP contribution < -0.4 is 15.0 Å². The lowest BCUT2D eigenvalue weighted by atomic mass is 10.1. The highest BCUT2D eigenvalue weighted by Crippen LogP contribution is 2.31. The normalized spacial score (nSPS) is 10.5. The number of rotatable bonds is 6. The molecule has 0 radical (unpaired) electrons. The fraction of sp³-hybridized carbons (Fsp3) is 0.105. The van der Waals surface area contributed by atoms with Crippen LogP contribution in [-0.2, 0) is 0 Å². The van der Waals surface area contributed by atoms with Crippen LogP contribution in [0.5, 0.6) is 11.5 Å². The summed E-state index contributed by atoms with van der Waals surface area (Å²) in [4.78, 5) is 30.6. The Morgan fingerprint density at radius 1 is 1.31 bits per heavy atom. The first-order valence-electron chi connectivity index (χ1n) is 7.73. The summed E-state index contributed by atoms with van der Waals surface area (Å²) in [6, 6.07) is 9.37. The second-order valence-corrected chi connectivity index (χ2v) is 5.41. The molecule has 7 nitrogen and oxygen atoms in total. The van der Waals surface area contributed by atoms with Crippen molar-refractivity contribution < 1.29 is 19.4 Å². The zero-order chi connectivity index (χ0) is 18.7. The van der Waals surface area contributed by atoms with Gasteiger partial charge in [-0.1, -0.05) is 12.7 Å². The molecule has 1 aromatic heterocycles. The monoisotopic (exact) mass is 352 g/mol. The van der Waals surface area contributed by atoms with Gasteiger partial charge in [-0.3, -0.25) is 4.79 Å². The van der Waals surface area contributed by atoms with Crippen LogP contribution in [0.25, 0.3) is 22.3 Å². The molecule has 132 valence electrons. The SMILES string of the molecule is C=CCOc1ccc(OC)c(-c2nc3ccc(C(=O)O)cc3c(=O)[nH]2)c1. The highest BCUT2D eigenvalue weighted by atomic mass is 16.5. The van der Waals surface area contributed by atoms with Gasteiger partial charge in [0.2, 0.25) is 0 Å². The van der Waals surface area contributed by atoms with Crippen molar-refractivity contribution in [1.29, 1.82) is 0 Å². The first-order valence-corrected chi connectivity index (χ1v) is 7.73. The van der Waals surface area contributed by atoms with E-state index in [2.05, 4.69) is 16.5 Å². The van der Waals surface area contributed by atoms with Crippen molar-refractivity contribution in [1.82, 2.24) is 9.97 Å². The average Bonchev–Trinajstić information content (AvgIpc) is 2.65. The van der Waals surface area contributed by atoms with Crippen LogP contribution in [0.2, 0.25) is 0 Å². The molecule has 2 N–H and O–H groups in total. The minimum absolute atomic E-state index is 0.0231. The minimum Gasteiger partial charge on any atom is -0.496 e. The lowest BCUT2D eigenvalue weighted by Crippen LogP contribution is -2.11. The third-order valence-corrected chi connectivity index (χ3v) is 3.75. The molecule has 2 aromatic carbocycles. The van der Waals surface area contributed by atoms with Gasteiger partial charge in [0.1, 0.15) is 23.9 Å². The highest BCUT2D eigenvalue weighted by Gasteiger charge is 2.14. The van der Waals surface area contributed by atoms with Gasteiger partial charge >= 0.3 is 5.97 Å². The largest absolute Gasteiger partial charge is 0.496 e. The number of fused-ring (bicyclic) bond motifs is 1. The van der Waals surface area contributed by atoms with Crippen LogP contribution >= 0.6 is 0 Å². The number of aromatic carboxylic acids is 1. The molecule has 1 heterocycles. The number of aromatic nitrogens is 2. The number of carboxylic acids is 1. The van der Waals surface area contributed by atoms with Gasteiger partial charge in [0.05, 0.1) is 29.1 Å². The molecule has 0 fully saturated rings. The third-order valence-electron chi connectivity index (χ3n) is 3.75. The van der Waals surface area contributed by atoms with E-state index in [1.807, 2.05) is 0 Å². The van der Waals surface area contributed by atoms with E-state index in [4.69, 9.17) is 14.6 Å². The number of carboxylic acid groups (broad SMARTS) is 1. The minimum atomic E-state index is -1.11. The summed E-state index contributed by atoms with van der Waals surface area (Å²) in [6.07, 6.45) is 1.63. The molecular weight excluding hydrogens is 336 g/mol. The third kappa shape index (κ3) is 3.27. The maximum Gasteiger partial charge on any atom is 0.335 e. The number of methoxy groups -OCH3 is 1. The summed E-state index contributed by atoms with van der Waals surface area (Å²) >= 11 is 0. The van der Waals surface area contributed by atoms with Gasteiger partial charge in [-0.2, -0.15) is 0 Å². The van der Waals surface area contributed by atoms with E-state index in [1.54, 1.807) is 24.3 Å². The standard InChI is InChI=1S/C19H16N2O5/c1-3-8-26-12-5-7-16(25-2)14(10-12)17-20-15-6-4-11(19(23)24)9-13(15)18(22)21-17/h3-7,9-10H,1,8H2,2H3,(H,23,24)(H,20,21,22). The molecule has 0 amide bonds. The van der Waals surface area contributed by atoms with Crippen molar-refractivity contribution in [3.05, 3.63) is 65.0 Å². The summed E-state index contributed by atoms with van der Waals surface area (Å²) in [5.74, 6) is 0.279. The topological polar surface area (TPSA) is 102 Å². The lowest BCUT2D eigenvalue weighted by Gasteiger charge is -2.11. The van der Waals surface area contributed by atoms with E-state index < -0.39 is 11.5 Å². The molecule has 7 heteroatoms. The van der Waals surface area contributed by atoms with Crippen molar-refractivity contribution in [3.8, 4) is 22.9 Å². The van der Waals surface area contributed by atoms with Crippen molar-refractivity contribution in [2.24, 2.45) is 0 Å². The molecule has 3 aromatic rings. The summed E-state index contributed by atoms with van der Waals surface area (Å²) in [7, 11) is 1.52. The van der Waals surface area contributed by atoms with Crippen molar-refractivity contribution >= 4 is 16.9 Å². The predicted molar refractivity (Wildman–Crippen MR) is 97.0 cm³/mol. The number of nitrogens with one attached hydrogen (secondary N) is 1. The molecule has 26 heavy (non-hydrogen) atoms. The summed E-state index contributed by atoms with van der Waals surface area (Å²) in [5, 5.41) is 9.27. The van der Waals surface area contributed by atoms with Crippen molar-refractivity contribution in [2.75, 3.05) is 13.7 Å². The Labute approximate surface area is 148 Å². The summed E-state index contributed by atoms with van der Waals surface area (Å²) < 4.78 is 10.9. The van der Waals surface area contributed by atoms with Crippen LogP contribution in [0.3, 0.4) is 0 Å². The van der Waals surface area contributed by atoms with E-state index >= 15 is 0 Å². The fourth-order valence-corrected chi connectivity index (χ4v) is 2.52. The Bertz CT molecular complexity index is 1060. The molecule has 0 saturated heterocycles. The van der Waals surface area contributed by atoms with Crippen molar-refractivity contribution in [3.63, 3.8) is 0 Å². The quantitative estimate of drug-likeness (QED) is 0.662. The lowest BCUT2D eigenvalue weighted by molar-refractivity contribution is 0.0697. The summed E-state index contributed by atoms with van der Waals surface area (Å²) in [6.45, 7) is 3.94. The molecule has 3 rings (SSSR count).